The van der Waals surface area contributed by atoms with Crippen LogP contribution >= 0.6 is 11.8 Å². The zero-order valence-electron chi connectivity index (χ0n) is 11.8. The Labute approximate surface area is 120 Å². The Morgan fingerprint density at radius 3 is 2.95 bits per heavy atom. The van der Waals surface area contributed by atoms with E-state index in [1.165, 1.54) is 12.2 Å². The molecule has 0 aliphatic heterocycles. The molecule has 0 saturated carbocycles. The van der Waals surface area contributed by atoms with Crippen molar-refractivity contribution >= 4 is 29.0 Å². The fraction of sp³-hybridized carbons (Fsp3) is 0.533. The molecule has 0 heterocycles. The zero-order valence-corrected chi connectivity index (χ0v) is 12.6. The third kappa shape index (κ3) is 7.11. The topological polar surface area (TPSA) is 55.1 Å². The van der Waals surface area contributed by atoms with Gasteiger partial charge in [-0.15, -0.1) is 0 Å². The molecule has 0 fully saturated rings. The van der Waals surface area contributed by atoms with Crippen LogP contribution in [0, 0.1) is 5.92 Å². The predicted molar refractivity (Wildman–Crippen MR) is 85.5 cm³/mol. The van der Waals surface area contributed by atoms with Crippen LogP contribution < -0.4 is 11.1 Å². The molecule has 0 radical (unpaired) electrons. The molecule has 3 N–H and O–H groups in total. The van der Waals surface area contributed by atoms with Gasteiger partial charge in [-0.1, -0.05) is 26.3 Å². The molecule has 1 aromatic carbocycles. The summed E-state index contributed by atoms with van der Waals surface area (Å²) in [5.74, 6) is 3.07. The average molecular weight is 280 g/mol. The highest BCUT2D eigenvalue weighted by Crippen LogP contribution is 2.14. The lowest BCUT2D eigenvalue weighted by Gasteiger charge is -2.08. The van der Waals surface area contributed by atoms with Crippen molar-refractivity contribution in [3.05, 3.63) is 24.3 Å². The molecule has 1 atom stereocenters. The van der Waals surface area contributed by atoms with Gasteiger partial charge in [-0.3, -0.25) is 4.79 Å². The molecule has 0 aliphatic rings. The van der Waals surface area contributed by atoms with Crippen LogP contribution in [0.1, 0.15) is 33.1 Å². The van der Waals surface area contributed by atoms with E-state index in [-0.39, 0.29) is 5.91 Å². The molecule has 0 aromatic heterocycles. The Bertz CT molecular complexity index is 395. The van der Waals surface area contributed by atoms with Gasteiger partial charge in [-0.05, 0) is 42.0 Å². The minimum atomic E-state index is 0.0646. The maximum absolute atomic E-state index is 11.7. The predicted octanol–water partition coefficient (Wildman–Crippen LogP) is 3.77. The van der Waals surface area contributed by atoms with Crippen LogP contribution in [0.2, 0.25) is 0 Å². The molecular weight excluding hydrogens is 256 g/mol. The fourth-order valence-corrected chi connectivity index (χ4v) is 2.73. The highest BCUT2D eigenvalue weighted by molar-refractivity contribution is 7.99. The van der Waals surface area contributed by atoms with E-state index in [2.05, 4.69) is 19.2 Å². The first kappa shape index (κ1) is 15.9. The van der Waals surface area contributed by atoms with Crippen molar-refractivity contribution in [1.29, 1.82) is 0 Å². The molecular formula is C15H24N2OS. The van der Waals surface area contributed by atoms with Crippen molar-refractivity contribution in [2.45, 2.75) is 33.1 Å². The van der Waals surface area contributed by atoms with Gasteiger partial charge in [0.1, 0.15) is 0 Å². The number of carbonyl (C=O) groups is 1. The van der Waals surface area contributed by atoms with Crippen LogP contribution in [-0.2, 0) is 4.79 Å². The number of hydrogen-bond donors (Lipinski definition) is 2. The zero-order chi connectivity index (χ0) is 14.1. The minimum absolute atomic E-state index is 0.0646. The van der Waals surface area contributed by atoms with Crippen LogP contribution in [0.3, 0.4) is 0 Å². The summed E-state index contributed by atoms with van der Waals surface area (Å²) in [4.78, 5) is 11.7. The molecule has 1 unspecified atom stereocenters. The first-order chi connectivity index (χ1) is 9.11. The summed E-state index contributed by atoms with van der Waals surface area (Å²) in [7, 11) is 0. The monoisotopic (exact) mass is 280 g/mol. The smallest absolute Gasteiger partial charge is 0.224 e. The van der Waals surface area contributed by atoms with Crippen molar-refractivity contribution in [1.82, 2.24) is 0 Å². The van der Waals surface area contributed by atoms with E-state index in [0.717, 1.165) is 23.8 Å². The van der Waals surface area contributed by atoms with Crippen LogP contribution in [0.4, 0.5) is 11.4 Å². The van der Waals surface area contributed by atoms with E-state index in [4.69, 9.17) is 5.73 Å². The number of carbonyl (C=O) groups excluding carboxylic acids is 1. The van der Waals surface area contributed by atoms with Gasteiger partial charge in [0.25, 0.3) is 0 Å². The average Bonchev–Trinajstić information content (AvgIpc) is 2.38. The second-order valence-electron chi connectivity index (χ2n) is 4.87. The largest absolute Gasteiger partial charge is 0.399 e. The van der Waals surface area contributed by atoms with E-state index < -0.39 is 0 Å². The molecule has 0 spiro atoms. The minimum Gasteiger partial charge on any atom is -0.399 e. The molecule has 0 aliphatic carbocycles. The number of nitrogen functional groups attached to an aromatic ring is 1. The summed E-state index contributed by atoms with van der Waals surface area (Å²) in [6.07, 6.45) is 2.72. The van der Waals surface area contributed by atoms with Crippen molar-refractivity contribution in [2.75, 3.05) is 22.6 Å². The normalized spacial score (nSPS) is 12.1. The van der Waals surface area contributed by atoms with Gasteiger partial charge in [0.05, 0.1) is 0 Å². The van der Waals surface area contributed by atoms with E-state index in [9.17, 15) is 4.79 Å². The maximum Gasteiger partial charge on any atom is 0.224 e. The Morgan fingerprint density at radius 1 is 1.47 bits per heavy atom. The Kier molecular flexibility index (Phi) is 7.41. The van der Waals surface area contributed by atoms with Gasteiger partial charge in [-0.2, -0.15) is 11.8 Å². The summed E-state index contributed by atoms with van der Waals surface area (Å²) in [6, 6.07) is 7.27. The number of nitrogens with one attached hydrogen (secondary N) is 1. The highest BCUT2D eigenvalue weighted by Gasteiger charge is 2.03. The summed E-state index contributed by atoms with van der Waals surface area (Å²) in [5, 5.41) is 2.87. The van der Waals surface area contributed by atoms with Crippen molar-refractivity contribution < 1.29 is 4.79 Å². The van der Waals surface area contributed by atoms with Gasteiger partial charge in [0.15, 0.2) is 0 Å². The molecule has 19 heavy (non-hydrogen) atoms. The fourth-order valence-electron chi connectivity index (χ4n) is 1.58. The van der Waals surface area contributed by atoms with Crippen molar-refractivity contribution in [3.63, 3.8) is 0 Å². The number of hydrogen-bond acceptors (Lipinski definition) is 3. The second-order valence-corrected chi connectivity index (χ2v) is 6.02. The van der Waals surface area contributed by atoms with E-state index >= 15 is 0 Å². The lowest BCUT2D eigenvalue weighted by molar-refractivity contribution is -0.116. The quantitative estimate of drug-likeness (QED) is 0.563. The molecule has 1 aromatic rings. The van der Waals surface area contributed by atoms with E-state index in [1.54, 1.807) is 12.1 Å². The Balaban J connectivity index is 2.15. The molecule has 0 saturated heterocycles. The lowest BCUT2D eigenvalue weighted by Crippen LogP contribution is -2.11. The number of nitrogens with two attached hydrogens (primary N) is 1. The number of amides is 1. The van der Waals surface area contributed by atoms with Gasteiger partial charge in [0, 0.05) is 17.8 Å². The summed E-state index contributed by atoms with van der Waals surface area (Å²) < 4.78 is 0. The number of thioether (sulfide) groups is 1. The van der Waals surface area contributed by atoms with E-state index in [0.29, 0.717) is 12.1 Å². The van der Waals surface area contributed by atoms with Gasteiger partial charge >= 0.3 is 0 Å². The molecule has 106 valence electrons. The number of anilines is 2. The van der Waals surface area contributed by atoms with Crippen LogP contribution in [-0.4, -0.2) is 17.4 Å². The lowest BCUT2D eigenvalue weighted by atomic mass is 10.2. The van der Waals surface area contributed by atoms with Crippen molar-refractivity contribution in [2.24, 2.45) is 5.92 Å². The molecule has 1 amide bonds. The van der Waals surface area contributed by atoms with Crippen LogP contribution in [0.15, 0.2) is 24.3 Å². The summed E-state index contributed by atoms with van der Waals surface area (Å²) >= 11 is 1.94. The Hall–Kier alpha value is -1.16. The van der Waals surface area contributed by atoms with Crippen LogP contribution in [0.5, 0.6) is 0 Å². The SMILES string of the molecule is CCC(C)CSCCCC(=O)Nc1cccc(N)c1. The Morgan fingerprint density at radius 2 is 2.26 bits per heavy atom. The summed E-state index contributed by atoms with van der Waals surface area (Å²) in [6.45, 7) is 4.48. The number of rotatable bonds is 8. The van der Waals surface area contributed by atoms with E-state index in [1.807, 2.05) is 23.9 Å². The molecule has 1 rings (SSSR count). The van der Waals surface area contributed by atoms with Crippen molar-refractivity contribution in [3.8, 4) is 0 Å². The third-order valence-corrected chi connectivity index (χ3v) is 4.34. The van der Waals surface area contributed by atoms with Gasteiger partial charge in [-0.25, -0.2) is 0 Å². The molecule has 0 bridgehead atoms. The molecule has 4 heteroatoms. The van der Waals surface area contributed by atoms with Gasteiger partial charge < -0.3 is 11.1 Å². The summed E-state index contributed by atoms with van der Waals surface area (Å²) in [5.41, 5.74) is 7.10. The molecule has 3 nitrogen and oxygen atoms in total. The number of benzene rings is 1. The first-order valence-electron chi connectivity index (χ1n) is 6.85. The third-order valence-electron chi connectivity index (χ3n) is 2.96. The van der Waals surface area contributed by atoms with Gasteiger partial charge in [0.2, 0.25) is 5.91 Å². The first-order valence-corrected chi connectivity index (χ1v) is 8.00. The second kappa shape index (κ2) is 8.86. The standard InChI is InChI=1S/C15H24N2OS/c1-3-12(2)11-19-9-5-8-15(18)17-14-7-4-6-13(16)10-14/h4,6-7,10,12H,3,5,8-9,11,16H2,1-2H3,(H,17,18). The maximum atomic E-state index is 11.7. The highest BCUT2D eigenvalue weighted by atomic mass is 32.2. The van der Waals surface area contributed by atoms with Crippen LogP contribution in [0.25, 0.3) is 0 Å².